The van der Waals surface area contributed by atoms with Crippen LogP contribution >= 0.6 is 0 Å². The fraction of sp³-hybridized carbons (Fsp3) is 0.222. The Kier molecular flexibility index (Phi) is 2.82. The number of hydrogen-bond donors (Lipinski definition) is 2. The lowest BCUT2D eigenvalue weighted by atomic mass is 10.1. The smallest absolute Gasteiger partial charge is 0.320 e. The maximum Gasteiger partial charge on any atom is 0.320 e. The number of carbonyl (C=O) groups is 1. The highest BCUT2D eigenvalue weighted by Gasteiger charge is 2.10. The topological polar surface area (TPSA) is 63.3 Å². The minimum Gasteiger partial charge on any atom is -0.480 e. The van der Waals surface area contributed by atoms with E-state index in [0.717, 1.165) is 5.56 Å². The van der Waals surface area contributed by atoms with Gasteiger partial charge in [-0.05, 0) is 12.0 Å². The van der Waals surface area contributed by atoms with Gasteiger partial charge >= 0.3 is 5.97 Å². The molecule has 3 heteroatoms. The summed E-state index contributed by atoms with van der Waals surface area (Å²) < 4.78 is 0. The van der Waals surface area contributed by atoms with E-state index in [1.54, 1.807) is 0 Å². The zero-order chi connectivity index (χ0) is 8.97. The lowest BCUT2D eigenvalue weighted by Gasteiger charge is -2.04. The van der Waals surface area contributed by atoms with Gasteiger partial charge in [0.25, 0.3) is 0 Å². The van der Waals surface area contributed by atoms with E-state index in [2.05, 4.69) is 0 Å². The summed E-state index contributed by atoms with van der Waals surface area (Å²) in [5, 5.41) is 8.52. The van der Waals surface area contributed by atoms with Crippen molar-refractivity contribution in [2.24, 2.45) is 5.73 Å². The van der Waals surface area contributed by atoms with Gasteiger partial charge in [0.15, 0.2) is 0 Å². The predicted octanol–water partition coefficient (Wildman–Crippen LogP) is 0.641. The highest BCUT2D eigenvalue weighted by molar-refractivity contribution is 5.73. The Balaban J connectivity index is 2.58. The molecule has 0 radical (unpaired) electrons. The normalized spacial score (nSPS) is 12.4. The summed E-state index contributed by atoms with van der Waals surface area (Å²) >= 11 is 0. The molecule has 0 amide bonds. The van der Waals surface area contributed by atoms with Crippen molar-refractivity contribution >= 4 is 5.97 Å². The molecular formula is C9H11NO2. The van der Waals surface area contributed by atoms with Crippen LogP contribution in [0.15, 0.2) is 30.3 Å². The molecule has 1 atom stereocenters. The summed E-state index contributed by atoms with van der Waals surface area (Å²) in [5.74, 6) is -0.959. The highest BCUT2D eigenvalue weighted by Crippen LogP contribution is 2.01. The van der Waals surface area contributed by atoms with Gasteiger partial charge in [-0.25, -0.2) is 0 Å². The van der Waals surface area contributed by atoms with Crippen LogP contribution in [0, 0.1) is 0 Å². The lowest BCUT2D eigenvalue weighted by molar-refractivity contribution is -0.138. The first-order chi connectivity index (χ1) is 5.70. The Labute approximate surface area is 70.8 Å². The first-order valence-corrected chi connectivity index (χ1v) is 3.72. The fourth-order valence-electron chi connectivity index (χ4n) is 0.955. The van der Waals surface area contributed by atoms with E-state index in [-0.39, 0.29) is 0 Å². The number of benzene rings is 1. The van der Waals surface area contributed by atoms with Crippen molar-refractivity contribution in [3.63, 3.8) is 0 Å². The first kappa shape index (κ1) is 8.74. The van der Waals surface area contributed by atoms with E-state index in [0.29, 0.717) is 6.42 Å². The number of carboxylic acid groups (broad SMARTS) is 1. The summed E-state index contributed by atoms with van der Waals surface area (Å²) in [5.41, 5.74) is 6.30. The molecule has 1 rings (SSSR count). The van der Waals surface area contributed by atoms with Crippen LogP contribution in [0.5, 0.6) is 0 Å². The van der Waals surface area contributed by atoms with Crippen molar-refractivity contribution < 1.29 is 9.90 Å². The summed E-state index contributed by atoms with van der Waals surface area (Å²) in [6.45, 7) is 0. The van der Waals surface area contributed by atoms with Crippen LogP contribution in [-0.2, 0) is 11.2 Å². The van der Waals surface area contributed by atoms with Crippen molar-refractivity contribution in [1.82, 2.24) is 0 Å². The van der Waals surface area contributed by atoms with Crippen LogP contribution in [0.3, 0.4) is 0 Å². The van der Waals surface area contributed by atoms with Crippen molar-refractivity contribution in [3.8, 4) is 0 Å². The standard InChI is InChI=1S/C9H11NO2/c10-8(9(11)12)6-7-4-2-1-3-5-7/h1-5,8H,6,10H2,(H,11,12)/t8-/m1/s1/i10+1. The molecule has 3 N–H and O–H groups in total. The van der Waals surface area contributed by atoms with Gasteiger partial charge in [0.1, 0.15) is 6.04 Å². The zero-order valence-corrected chi connectivity index (χ0v) is 6.60. The second-order valence-corrected chi connectivity index (χ2v) is 2.63. The average Bonchev–Trinajstić information content (AvgIpc) is 2.06. The Morgan fingerprint density at radius 2 is 2.00 bits per heavy atom. The van der Waals surface area contributed by atoms with Crippen molar-refractivity contribution in [3.05, 3.63) is 35.9 Å². The molecule has 0 fully saturated rings. The molecule has 0 aliphatic heterocycles. The van der Waals surface area contributed by atoms with Gasteiger partial charge in [0.05, 0.1) is 0 Å². The van der Waals surface area contributed by atoms with Crippen LogP contribution < -0.4 is 5.73 Å². The third-order valence-electron chi connectivity index (χ3n) is 1.62. The van der Waals surface area contributed by atoms with Crippen LogP contribution in [0.25, 0.3) is 0 Å². The molecule has 0 unspecified atom stereocenters. The van der Waals surface area contributed by atoms with Crippen LogP contribution in [0.4, 0.5) is 0 Å². The molecule has 0 aliphatic rings. The number of carboxylic acids is 1. The van der Waals surface area contributed by atoms with Gasteiger partial charge in [-0.15, -0.1) is 0 Å². The second kappa shape index (κ2) is 3.88. The largest absolute Gasteiger partial charge is 0.480 e. The monoisotopic (exact) mass is 166 g/mol. The molecule has 0 aromatic heterocycles. The number of nitrogens with two attached hydrogens (primary N) is 1. The molecule has 0 saturated carbocycles. The van der Waals surface area contributed by atoms with E-state index < -0.39 is 12.0 Å². The Morgan fingerprint density at radius 3 is 2.50 bits per heavy atom. The van der Waals surface area contributed by atoms with Crippen molar-refractivity contribution in [2.75, 3.05) is 0 Å². The Morgan fingerprint density at radius 1 is 1.42 bits per heavy atom. The number of aliphatic carboxylic acids is 1. The predicted molar refractivity (Wildman–Crippen MR) is 45.8 cm³/mol. The van der Waals surface area contributed by atoms with Gasteiger partial charge in [-0.3, -0.25) is 4.79 Å². The van der Waals surface area contributed by atoms with Gasteiger partial charge in [-0.1, -0.05) is 30.3 Å². The van der Waals surface area contributed by atoms with Gasteiger partial charge in [0, 0.05) is 0 Å². The molecule has 0 spiro atoms. The first-order valence-electron chi connectivity index (χ1n) is 3.72. The average molecular weight is 166 g/mol. The highest BCUT2D eigenvalue weighted by atomic mass is 16.4. The quantitative estimate of drug-likeness (QED) is 0.648. The summed E-state index contributed by atoms with van der Waals surface area (Å²) in [4.78, 5) is 10.4. The maximum atomic E-state index is 10.4. The molecular weight excluding hydrogens is 155 g/mol. The van der Waals surface area contributed by atoms with Crippen molar-refractivity contribution in [2.45, 2.75) is 12.5 Å². The molecule has 0 aliphatic carbocycles. The van der Waals surface area contributed by atoms with E-state index >= 15 is 0 Å². The Bertz CT molecular complexity index is 258. The van der Waals surface area contributed by atoms with Gasteiger partial charge in [-0.2, -0.15) is 0 Å². The molecule has 12 heavy (non-hydrogen) atoms. The fourth-order valence-corrected chi connectivity index (χ4v) is 0.955. The Hall–Kier alpha value is -1.35. The molecule has 1 aromatic rings. The molecule has 0 saturated heterocycles. The summed E-state index contributed by atoms with van der Waals surface area (Å²) in [6.07, 6.45) is 0.385. The minimum absolute atomic E-state index is 0.385. The third kappa shape index (κ3) is 2.36. The maximum absolute atomic E-state index is 10.4. The summed E-state index contributed by atoms with van der Waals surface area (Å²) in [7, 11) is 0. The van der Waals surface area contributed by atoms with E-state index in [4.69, 9.17) is 10.8 Å². The molecule has 1 aromatic carbocycles. The molecule has 0 heterocycles. The second-order valence-electron chi connectivity index (χ2n) is 2.63. The number of hydrogen-bond acceptors (Lipinski definition) is 2. The van der Waals surface area contributed by atoms with E-state index in [9.17, 15) is 4.79 Å². The SMILES string of the molecule is [15NH2][C@H](Cc1ccccc1)C(=O)O. The van der Waals surface area contributed by atoms with Crippen molar-refractivity contribution in [1.29, 1.82) is 0 Å². The molecule has 0 bridgehead atoms. The number of rotatable bonds is 3. The van der Waals surface area contributed by atoms with Crippen LogP contribution in [0.1, 0.15) is 5.56 Å². The van der Waals surface area contributed by atoms with Gasteiger partial charge < -0.3 is 10.8 Å². The summed E-state index contributed by atoms with van der Waals surface area (Å²) in [6, 6.07) is 8.54. The third-order valence-corrected chi connectivity index (χ3v) is 1.62. The van der Waals surface area contributed by atoms with E-state index in [1.807, 2.05) is 30.3 Å². The lowest BCUT2D eigenvalue weighted by Crippen LogP contribution is -2.32. The zero-order valence-electron chi connectivity index (χ0n) is 6.60. The van der Waals surface area contributed by atoms with Gasteiger partial charge in [0.2, 0.25) is 0 Å². The molecule has 3 nitrogen and oxygen atoms in total. The van der Waals surface area contributed by atoms with Crippen LogP contribution in [0.2, 0.25) is 0 Å². The molecule has 64 valence electrons. The van der Waals surface area contributed by atoms with Crippen LogP contribution in [-0.4, -0.2) is 17.1 Å². The minimum atomic E-state index is -0.959. The van der Waals surface area contributed by atoms with E-state index in [1.165, 1.54) is 0 Å².